The quantitative estimate of drug-likeness (QED) is 0.795. The maximum Gasteiger partial charge on any atom is 0.423 e. The fraction of sp³-hybridized carbons (Fsp3) is 0.312. The highest BCUT2D eigenvalue weighted by Gasteiger charge is 2.37. The number of esters is 1. The Morgan fingerprint density at radius 3 is 2.63 bits per heavy atom. The third kappa shape index (κ3) is 4.26. The van der Waals surface area contributed by atoms with E-state index in [4.69, 9.17) is 14.2 Å². The van der Waals surface area contributed by atoms with Gasteiger partial charge in [-0.2, -0.15) is 13.2 Å². The molecule has 1 aliphatic rings. The molecule has 3 rings (SSSR count). The van der Waals surface area contributed by atoms with E-state index in [1.165, 1.54) is 0 Å². The van der Waals surface area contributed by atoms with E-state index in [0.29, 0.717) is 16.3 Å². The van der Waals surface area contributed by atoms with Crippen LogP contribution in [0.15, 0.2) is 46.1 Å². The predicted octanol–water partition coefficient (Wildman–Crippen LogP) is 1.28. The highest BCUT2D eigenvalue weighted by atomic mass is 19.4. The number of aromatic nitrogens is 2. The maximum absolute atomic E-state index is 12.8. The minimum Gasteiger partial charge on any atom is -0.457 e. The lowest BCUT2D eigenvalue weighted by Crippen LogP contribution is -2.37. The summed E-state index contributed by atoms with van der Waals surface area (Å²) in [7, 11) is 0. The van der Waals surface area contributed by atoms with E-state index in [2.05, 4.69) is 0 Å². The third-order valence-corrected chi connectivity index (χ3v) is 3.68. The van der Waals surface area contributed by atoms with Crippen LogP contribution in [0, 0.1) is 0 Å². The molecule has 1 aliphatic heterocycles. The van der Waals surface area contributed by atoms with Crippen LogP contribution in [0.1, 0.15) is 22.1 Å². The number of hydrogen-bond acceptors (Lipinski definition) is 6. The van der Waals surface area contributed by atoms with Gasteiger partial charge in [0.05, 0.1) is 12.2 Å². The van der Waals surface area contributed by atoms with Crippen molar-refractivity contribution in [2.75, 3.05) is 13.2 Å². The number of ether oxygens (including phenoxy) is 3. The molecule has 1 N–H and O–H groups in total. The SMILES string of the molecule is O=C(OC[C@@H]1OC[C@@H](n2cc(C(F)(F)F)c(=O)[nH]c2=O)O1)c1ccccc1. The Bertz CT molecular complexity index is 938. The molecule has 1 saturated heterocycles. The Morgan fingerprint density at radius 1 is 1.26 bits per heavy atom. The van der Waals surface area contributed by atoms with Crippen molar-refractivity contribution in [1.29, 1.82) is 0 Å². The van der Waals surface area contributed by atoms with Gasteiger partial charge in [0, 0.05) is 6.20 Å². The smallest absolute Gasteiger partial charge is 0.423 e. The Hall–Kier alpha value is -2.92. The molecule has 27 heavy (non-hydrogen) atoms. The molecule has 0 unspecified atom stereocenters. The van der Waals surface area contributed by atoms with Gasteiger partial charge in [-0.25, -0.2) is 9.59 Å². The first-order valence-corrected chi connectivity index (χ1v) is 7.67. The molecular weight excluding hydrogens is 373 g/mol. The summed E-state index contributed by atoms with van der Waals surface area (Å²) in [6, 6.07) is 8.10. The van der Waals surface area contributed by atoms with Crippen molar-refractivity contribution in [2.45, 2.75) is 18.7 Å². The van der Waals surface area contributed by atoms with Crippen molar-refractivity contribution in [1.82, 2.24) is 9.55 Å². The summed E-state index contributed by atoms with van der Waals surface area (Å²) < 4.78 is 54.6. The van der Waals surface area contributed by atoms with Gasteiger partial charge in [0.2, 0.25) is 0 Å². The fourth-order valence-electron chi connectivity index (χ4n) is 2.38. The molecule has 2 atom stereocenters. The number of rotatable bonds is 4. The van der Waals surface area contributed by atoms with Gasteiger partial charge in [0.25, 0.3) is 5.56 Å². The van der Waals surface area contributed by atoms with E-state index < -0.39 is 41.5 Å². The Morgan fingerprint density at radius 2 is 1.96 bits per heavy atom. The number of hydrogen-bond donors (Lipinski definition) is 1. The summed E-state index contributed by atoms with van der Waals surface area (Å²) in [5, 5.41) is 0. The second-order valence-electron chi connectivity index (χ2n) is 5.53. The van der Waals surface area contributed by atoms with E-state index in [9.17, 15) is 27.6 Å². The molecule has 1 aromatic carbocycles. The second kappa shape index (κ2) is 7.37. The number of halogens is 3. The first kappa shape index (κ1) is 18.9. The standard InChI is InChI=1S/C16H13F3N2O6/c17-16(18,19)10-6-21(15(24)20-13(10)22)11-7-25-12(27-11)8-26-14(23)9-4-2-1-3-5-9/h1-6,11-12H,7-8H2,(H,20,22,24)/t11-,12+/m0/s1. The van der Waals surface area contributed by atoms with E-state index in [1.54, 1.807) is 35.3 Å². The molecule has 1 fully saturated rings. The van der Waals surface area contributed by atoms with E-state index >= 15 is 0 Å². The van der Waals surface area contributed by atoms with Crippen molar-refractivity contribution >= 4 is 5.97 Å². The van der Waals surface area contributed by atoms with E-state index in [1.807, 2.05) is 0 Å². The number of alkyl halides is 3. The summed E-state index contributed by atoms with van der Waals surface area (Å²) in [5.74, 6) is -0.633. The zero-order valence-corrected chi connectivity index (χ0v) is 13.6. The number of H-pyrrole nitrogens is 1. The number of benzene rings is 1. The third-order valence-electron chi connectivity index (χ3n) is 3.68. The lowest BCUT2D eigenvalue weighted by Gasteiger charge is -2.15. The van der Waals surface area contributed by atoms with Crippen LogP contribution in [0.3, 0.4) is 0 Å². The average molecular weight is 386 g/mol. The summed E-state index contributed by atoms with van der Waals surface area (Å²) in [6.45, 7) is -0.592. The molecule has 2 heterocycles. The van der Waals surface area contributed by atoms with Crippen LogP contribution in [0.2, 0.25) is 0 Å². The minimum atomic E-state index is -4.94. The van der Waals surface area contributed by atoms with Crippen LogP contribution in [-0.2, 0) is 20.4 Å². The van der Waals surface area contributed by atoms with Gasteiger partial charge in [0.1, 0.15) is 12.2 Å². The summed E-state index contributed by atoms with van der Waals surface area (Å²) in [4.78, 5) is 36.5. The lowest BCUT2D eigenvalue weighted by atomic mass is 10.2. The zero-order chi connectivity index (χ0) is 19.6. The van der Waals surface area contributed by atoms with Crippen molar-refractivity contribution < 1.29 is 32.2 Å². The first-order valence-electron chi connectivity index (χ1n) is 7.67. The van der Waals surface area contributed by atoms with Crippen molar-refractivity contribution in [3.63, 3.8) is 0 Å². The first-order chi connectivity index (χ1) is 12.8. The van der Waals surface area contributed by atoms with Gasteiger partial charge < -0.3 is 14.2 Å². The summed E-state index contributed by atoms with van der Waals surface area (Å²) in [6.07, 6.45) is -6.85. The average Bonchev–Trinajstić information content (AvgIpc) is 3.08. The Balaban J connectivity index is 1.67. The molecule has 0 bridgehead atoms. The van der Waals surface area contributed by atoms with Crippen LogP contribution >= 0.6 is 0 Å². The molecule has 0 amide bonds. The van der Waals surface area contributed by atoms with Gasteiger partial charge in [0.15, 0.2) is 12.5 Å². The van der Waals surface area contributed by atoms with Gasteiger partial charge in [-0.3, -0.25) is 14.3 Å². The normalized spacial score (nSPS) is 19.8. The molecule has 0 spiro atoms. The number of carbonyl (C=O) groups is 1. The number of aromatic amines is 1. The van der Waals surface area contributed by atoms with Gasteiger partial charge in [-0.05, 0) is 12.1 Å². The maximum atomic E-state index is 12.8. The predicted molar refractivity (Wildman–Crippen MR) is 82.9 cm³/mol. The summed E-state index contributed by atoms with van der Waals surface area (Å²) in [5.41, 5.74) is -3.86. The molecule has 0 radical (unpaired) electrons. The van der Waals surface area contributed by atoms with Crippen molar-refractivity contribution in [2.24, 2.45) is 0 Å². The van der Waals surface area contributed by atoms with Crippen LogP contribution in [0.5, 0.6) is 0 Å². The van der Waals surface area contributed by atoms with Crippen LogP contribution in [0.4, 0.5) is 13.2 Å². The highest BCUT2D eigenvalue weighted by molar-refractivity contribution is 5.89. The molecule has 8 nitrogen and oxygen atoms in total. The van der Waals surface area contributed by atoms with Crippen LogP contribution in [-0.4, -0.2) is 35.0 Å². The number of nitrogens with one attached hydrogen (secondary N) is 1. The number of nitrogens with zero attached hydrogens (tertiary/aromatic N) is 1. The van der Waals surface area contributed by atoms with Crippen molar-refractivity contribution in [3.05, 3.63) is 68.5 Å². The van der Waals surface area contributed by atoms with Crippen LogP contribution in [0.25, 0.3) is 0 Å². The molecule has 0 saturated carbocycles. The number of carbonyl (C=O) groups excluding carboxylic acids is 1. The zero-order valence-electron chi connectivity index (χ0n) is 13.6. The van der Waals surface area contributed by atoms with Gasteiger partial charge >= 0.3 is 17.8 Å². The monoisotopic (exact) mass is 386 g/mol. The molecule has 11 heteroatoms. The Kier molecular flexibility index (Phi) is 5.15. The minimum absolute atomic E-state index is 0.267. The fourth-order valence-corrected chi connectivity index (χ4v) is 2.38. The van der Waals surface area contributed by atoms with Gasteiger partial charge in [-0.15, -0.1) is 0 Å². The van der Waals surface area contributed by atoms with E-state index in [-0.39, 0.29) is 13.2 Å². The van der Waals surface area contributed by atoms with E-state index in [0.717, 1.165) is 0 Å². The van der Waals surface area contributed by atoms with Crippen LogP contribution < -0.4 is 11.2 Å². The largest absolute Gasteiger partial charge is 0.457 e. The molecule has 0 aliphatic carbocycles. The topological polar surface area (TPSA) is 99.6 Å². The molecular formula is C16H13F3N2O6. The molecule has 2 aromatic rings. The lowest BCUT2D eigenvalue weighted by molar-refractivity contribution is -0.139. The van der Waals surface area contributed by atoms with Gasteiger partial charge in [-0.1, -0.05) is 18.2 Å². The summed E-state index contributed by atoms with van der Waals surface area (Å²) >= 11 is 0. The second-order valence-corrected chi connectivity index (χ2v) is 5.53. The highest BCUT2D eigenvalue weighted by Crippen LogP contribution is 2.27. The Labute approximate surface area is 149 Å². The molecule has 1 aromatic heterocycles. The molecule has 144 valence electrons. The van der Waals surface area contributed by atoms with Crippen molar-refractivity contribution in [3.8, 4) is 0 Å².